The molecular formula is C43H41N3. The number of fused-ring (bicyclic) bond motifs is 3. The summed E-state index contributed by atoms with van der Waals surface area (Å²) in [7, 11) is 4.28. The molecular weight excluding hydrogens is 558 g/mol. The van der Waals surface area contributed by atoms with Crippen LogP contribution >= 0.6 is 0 Å². The number of H-pyrrole nitrogens is 1. The monoisotopic (exact) mass is 599 g/mol. The normalized spacial score (nSPS) is 11.6. The number of nitrogens with zero attached hydrogens (tertiary/aromatic N) is 2. The Morgan fingerprint density at radius 3 is 1.52 bits per heavy atom. The lowest BCUT2D eigenvalue weighted by atomic mass is 9.65. The first-order valence-electron chi connectivity index (χ1n) is 16.4. The molecule has 3 nitrogen and oxygen atoms in total. The lowest BCUT2D eigenvalue weighted by Crippen LogP contribution is -2.30. The summed E-state index contributed by atoms with van der Waals surface area (Å²) in [6.45, 7) is 2.30. The minimum atomic E-state index is -0.353. The van der Waals surface area contributed by atoms with Crippen LogP contribution in [-0.4, -0.2) is 19.1 Å². The summed E-state index contributed by atoms with van der Waals surface area (Å²) in [6, 6.07) is 55.3. The van der Waals surface area contributed by atoms with Crippen LogP contribution in [-0.2, 0) is 5.41 Å². The SMILES string of the molecule is CCCCC(c1ccc(N(C)c2ccccc2)cc1)(c1ccc(N(C)c2ccccc2)cc1)c1cccc2[nH]c3ccccc3c12. The highest BCUT2D eigenvalue weighted by Crippen LogP contribution is 2.48. The van der Waals surface area contributed by atoms with Gasteiger partial charge in [-0.3, -0.25) is 0 Å². The van der Waals surface area contributed by atoms with E-state index in [0.717, 1.165) is 19.3 Å². The molecule has 7 rings (SSSR count). The Hall–Kier alpha value is -5.28. The summed E-state index contributed by atoms with van der Waals surface area (Å²) in [5.41, 5.74) is 10.7. The van der Waals surface area contributed by atoms with Gasteiger partial charge in [0.05, 0.1) is 0 Å². The number of para-hydroxylation sites is 3. The molecule has 6 aromatic carbocycles. The van der Waals surface area contributed by atoms with E-state index >= 15 is 0 Å². The van der Waals surface area contributed by atoms with Crippen molar-refractivity contribution in [2.24, 2.45) is 0 Å². The molecule has 7 aromatic rings. The summed E-state index contributed by atoms with van der Waals surface area (Å²) >= 11 is 0. The number of aromatic amines is 1. The lowest BCUT2D eigenvalue weighted by Gasteiger charge is -2.37. The van der Waals surface area contributed by atoms with Crippen LogP contribution in [0.4, 0.5) is 22.7 Å². The molecule has 0 aliphatic carbocycles. The molecule has 0 bridgehead atoms. The van der Waals surface area contributed by atoms with E-state index in [1.54, 1.807) is 0 Å². The van der Waals surface area contributed by atoms with Crippen LogP contribution in [0.5, 0.6) is 0 Å². The van der Waals surface area contributed by atoms with E-state index in [1.165, 1.54) is 61.2 Å². The van der Waals surface area contributed by atoms with Gasteiger partial charge >= 0.3 is 0 Å². The van der Waals surface area contributed by atoms with Crippen molar-refractivity contribution in [2.75, 3.05) is 23.9 Å². The third-order valence-electron chi connectivity index (χ3n) is 9.68. The zero-order valence-electron chi connectivity index (χ0n) is 26.9. The zero-order valence-corrected chi connectivity index (χ0v) is 26.9. The van der Waals surface area contributed by atoms with Crippen LogP contribution in [0.25, 0.3) is 21.8 Å². The fourth-order valence-electron chi connectivity index (χ4n) is 7.14. The molecule has 0 fully saturated rings. The molecule has 1 aromatic heterocycles. The van der Waals surface area contributed by atoms with Crippen LogP contribution in [0.3, 0.4) is 0 Å². The van der Waals surface area contributed by atoms with E-state index in [0.29, 0.717) is 0 Å². The molecule has 0 saturated carbocycles. The third-order valence-corrected chi connectivity index (χ3v) is 9.68. The van der Waals surface area contributed by atoms with E-state index in [9.17, 15) is 0 Å². The van der Waals surface area contributed by atoms with Crippen molar-refractivity contribution in [3.8, 4) is 0 Å². The first-order chi connectivity index (χ1) is 22.6. The molecule has 0 atom stereocenters. The Kier molecular flexibility index (Phi) is 8.07. The topological polar surface area (TPSA) is 22.3 Å². The van der Waals surface area contributed by atoms with Crippen molar-refractivity contribution in [3.05, 3.63) is 168 Å². The summed E-state index contributed by atoms with van der Waals surface area (Å²) < 4.78 is 0. The number of aromatic nitrogens is 1. The van der Waals surface area contributed by atoms with E-state index in [2.05, 4.69) is 187 Å². The second-order valence-corrected chi connectivity index (χ2v) is 12.3. The molecule has 0 saturated heterocycles. The van der Waals surface area contributed by atoms with E-state index in [4.69, 9.17) is 0 Å². The van der Waals surface area contributed by atoms with Gasteiger partial charge in [-0.15, -0.1) is 0 Å². The molecule has 228 valence electrons. The number of nitrogens with one attached hydrogen (secondary N) is 1. The van der Waals surface area contributed by atoms with Gasteiger partial charge in [0.2, 0.25) is 0 Å². The first-order valence-corrected chi connectivity index (χ1v) is 16.4. The van der Waals surface area contributed by atoms with Crippen LogP contribution in [0.1, 0.15) is 42.9 Å². The van der Waals surface area contributed by atoms with Crippen molar-refractivity contribution < 1.29 is 0 Å². The Morgan fingerprint density at radius 1 is 0.500 bits per heavy atom. The van der Waals surface area contributed by atoms with Gasteiger partial charge in [-0.2, -0.15) is 0 Å². The number of hydrogen-bond donors (Lipinski definition) is 1. The van der Waals surface area contributed by atoms with Gasteiger partial charge in [0.25, 0.3) is 0 Å². The number of anilines is 4. The maximum absolute atomic E-state index is 3.72. The van der Waals surface area contributed by atoms with Crippen LogP contribution in [0.15, 0.2) is 152 Å². The number of hydrogen-bond acceptors (Lipinski definition) is 2. The highest BCUT2D eigenvalue weighted by atomic mass is 15.1. The van der Waals surface area contributed by atoms with E-state index in [-0.39, 0.29) is 5.41 Å². The second-order valence-electron chi connectivity index (χ2n) is 12.3. The van der Waals surface area contributed by atoms with E-state index < -0.39 is 0 Å². The van der Waals surface area contributed by atoms with Crippen molar-refractivity contribution in [1.82, 2.24) is 4.98 Å². The molecule has 46 heavy (non-hydrogen) atoms. The Balaban J connectivity index is 1.43. The van der Waals surface area contributed by atoms with Gasteiger partial charge in [0.1, 0.15) is 0 Å². The smallest absolute Gasteiger partial charge is 0.0468 e. The van der Waals surface area contributed by atoms with Crippen molar-refractivity contribution in [1.29, 1.82) is 0 Å². The first kappa shape index (κ1) is 29.4. The molecule has 0 unspecified atom stereocenters. The Morgan fingerprint density at radius 2 is 0.978 bits per heavy atom. The average molecular weight is 600 g/mol. The minimum absolute atomic E-state index is 0.353. The summed E-state index contributed by atoms with van der Waals surface area (Å²) in [5.74, 6) is 0. The minimum Gasteiger partial charge on any atom is -0.355 e. The predicted octanol–water partition coefficient (Wildman–Crippen LogP) is 11.4. The van der Waals surface area contributed by atoms with Crippen molar-refractivity contribution in [3.63, 3.8) is 0 Å². The molecule has 1 N–H and O–H groups in total. The maximum atomic E-state index is 3.72. The Bertz CT molecular complexity index is 1950. The highest BCUT2D eigenvalue weighted by molar-refractivity contribution is 6.09. The van der Waals surface area contributed by atoms with Crippen LogP contribution < -0.4 is 9.80 Å². The average Bonchev–Trinajstić information content (AvgIpc) is 3.52. The fraction of sp³-hybridized carbons (Fsp3) is 0.163. The van der Waals surface area contributed by atoms with Gasteiger partial charge in [-0.05, 0) is 83.8 Å². The van der Waals surface area contributed by atoms with Crippen molar-refractivity contribution in [2.45, 2.75) is 31.6 Å². The number of benzene rings is 6. The largest absolute Gasteiger partial charge is 0.355 e. The van der Waals surface area contributed by atoms with Gasteiger partial charge in [-0.1, -0.05) is 111 Å². The van der Waals surface area contributed by atoms with Gasteiger partial charge in [0, 0.05) is 64.1 Å². The lowest BCUT2D eigenvalue weighted by molar-refractivity contribution is 0.531. The quantitative estimate of drug-likeness (QED) is 0.158. The fourth-order valence-corrected chi connectivity index (χ4v) is 7.14. The van der Waals surface area contributed by atoms with Crippen LogP contribution in [0, 0.1) is 0 Å². The van der Waals surface area contributed by atoms with Gasteiger partial charge in [0.15, 0.2) is 0 Å². The number of unbranched alkanes of at least 4 members (excludes halogenated alkanes) is 1. The number of rotatable bonds is 10. The zero-order chi connectivity index (χ0) is 31.5. The second kappa shape index (κ2) is 12.6. The summed E-state index contributed by atoms with van der Waals surface area (Å²) in [4.78, 5) is 8.23. The maximum Gasteiger partial charge on any atom is 0.0468 e. The molecule has 0 spiro atoms. The van der Waals surface area contributed by atoms with Crippen molar-refractivity contribution >= 4 is 44.6 Å². The van der Waals surface area contributed by atoms with E-state index in [1.807, 2.05) is 0 Å². The molecule has 0 radical (unpaired) electrons. The molecule has 3 heteroatoms. The summed E-state index contributed by atoms with van der Waals surface area (Å²) in [6.07, 6.45) is 3.23. The standard InChI is InChI=1S/C43H41N3/c1-4-5-31-43(32-23-27-36(28-24-32)45(2)34-15-8-6-9-16-34,33-25-29-37(30-26-33)46(3)35-17-10-7-11-18-35)39-20-14-22-41-42(39)38-19-12-13-21-40(38)44-41/h6-30,44H,4-5,31H2,1-3H3. The highest BCUT2D eigenvalue weighted by Gasteiger charge is 2.38. The van der Waals surface area contributed by atoms with Gasteiger partial charge < -0.3 is 14.8 Å². The molecule has 0 aliphatic rings. The van der Waals surface area contributed by atoms with Gasteiger partial charge in [-0.25, -0.2) is 0 Å². The van der Waals surface area contributed by atoms with Crippen LogP contribution in [0.2, 0.25) is 0 Å². The third kappa shape index (κ3) is 5.22. The molecule has 0 aliphatic heterocycles. The summed E-state index contributed by atoms with van der Waals surface area (Å²) in [5, 5.41) is 2.58. The molecule has 1 heterocycles. The molecule has 0 amide bonds. The predicted molar refractivity (Wildman–Crippen MR) is 197 cm³/mol. The Labute approximate surface area is 272 Å².